The number of nitrogens with two attached hydrogens (primary N) is 1. The van der Waals surface area contributed by atoms with Crippen LogP contribution in [0.1, 0.15) is 12.0 Å². The van der Waals surface area contributed by atoms with Crippen molar-refractivity contribution in [3.8, 4) is 0 Å². The molecule has 1 rings (SSSR count). The van der Waals surface area contributed by atoms with Crippen LogP contribution in [0.5, 0.6) is 0 Å². The van der Waals surface area contributed by atoms with Crippen LogP contribution in [0.25, 0.3) is 0 Å². The average molecular weight is 259 g/mol. The first-order valence-electron chi connectivity index (χ1n) is 5.18. The molecule has 0 aliphatic heterocycles. The Morgan fingerprint density at radius 1 is 1.53 bits per heavy atom. The SMILES string of the molecule is COCCCNS(=O)(=O)c1cnc(N)c(C)c1. The van der Waals surface area contributed by atoms with Gasteiger partial charge in [0.15, 0.2) is 0 Å². The largest absolute Gasteiger partial charge is 0.385 e. The number of rotatable bonds is 6. The van der Waals surface area contributed by atoms with E-state index in [-0.39, 0.29) is 4.90 Å². The molecule has 0 atom stereocenters. The molecule has 96 valence electrons. The Labute approximate surface area is 101 Å². The van der Waals surface area contributed by atoms with Gasteiger partial charge < -0.3 is 10.5 Å². The predicted molar refractivity (Wildman–Crippen MR) is 65.1 cm³/mol. The third-order valence-corrected chi connectivity index (χ3v) is 3.65. The first kappa shape index (κ1) is 13.9. The minimum atomic E-state index is -3.50. The molecule has 6 nitrogen and oxygen atoms in total. The highest BCUT2D eigenvalue weighted by Gasteiger charge is 2.14. The van der Waals surface area contributed by atoms with Gasteiger partial charge in [0, 0.05) is 26.5 Å². The lowest BCUT2D eigenvalue weighted by Gasteiger charge is -2.07. The van der Waals surface area contributed by atoms with Gasteiger partial charge in [0.05, 0.1) is 0 Å². The molecule has 0 aromatic carbocycles. The van der Waals surface area contributed by atoms with Crippen LogP contribution in [0, 0.1) is 6.92 Å². The summed E-state index contributed by atoms with van der Waals surface area (Å²) >= 11 is 0. The van der Waals surface area contributed by atoms with E-state index in [1.54, 1.807) is 14.0 Å². The lowest BCUT2D eigenvalue weighted by molar-refractivity contribution is 0.196. The molecule has 0 saturated heterocycles. The van der Waals surface area contributed by atoms with E-state index in [2.05, 4.69) is 9.71 Å². The number of nitrogen functional groups attached to an aromatic ring is 1. The summed E-state index contributed by atoms with van der Waals surface area (Å²) in [7, 11) is -1.93. The summed E-state index contributed by atoms with van der Waals surface area (Å²) in [5.41, 5.74) is 6.17. The van der Waals surface area contributed by atoms with E-state index in [1.165, 1.54) is 12.3 Å². The minimum absolute atomic E-state index is 0.126. The van der Waals surface area contributed by atoms with Crippen molar-refractivity contribution >= 4 is 15.8 Å². The molecule has 0 fully saturated rings. The summed E-state index contributed by atoms with van der Waals surface area (Å²) in [5, 5.41) is 0. The topological polar surface area (TPSA) is 94.3 Å². The minimum Gasteiger partial charge on any atom is -0.385 e. The van der Waals surface area contributed by atoms with Gasteiger partial charge in [-0.15, -0.1) is 0 Å². The molecule has 0 unspecified atom stereocenters. The standard InChI is InChI=1S/C10H17N3O3S/c1-8-6-9(7-12-10(8)11)17(14,15)13-4-3-5-16-2/h6-7,13H,3-5H2,1-2H3,(H2,11,12). The second-order valence-electron chi connectivity index (χ2n) is 3.62. The number of ether oxygens (including phenoxy) is 1. The van der Waals surface area contributed by atoms with Gasteiger partial charge in [0.25, 0.3) is 0 Å². The van der Waals surface area contributed by atoms with Gasteiger partial charge in [-0.2, -0.15) is 0 Å². The van der Waals surface area contributed by atoms with E-state index < -0.39 is 10.0 Å². The second kappa shape index (κ2) is 5.95. The van der Waals surface area contributed by atoms with E-state index in [4.69, 9.17) is 10.5 Å². The van der Waals surface area contributed by atoms with Gasteiger partial charge in [0.1, 0.15) is 10.7 Å². The zero-order chi connectivity index (χ0) is 12.9. The van der Waals surface area contributed by atoms with Crippen LogP contribution in [0.3, 0.4) is 0 Å². The van der Waals surface area contributed by atoms with Crippen LogP contribution in [0.15, 0.2) is 17.2 Å². The molecule has 3 N–H and O–H groups in total. The highest BCUT2D eigenvalue weighted by Crippen LogP contribution is 2.13. The number of hydrogen-bond donors (Lipinski definition) is 2. The molecule has 7 heteroatoms. The fourth-order valence-electron chi connectivity index (χ4n) is 1.21. The van der Waals surface area contributed by atoms with Crippen LogP contribution >= 0.6 is 0 Å². The number of nitrogens with one attached hydrogen (secondary N) is 1. The maximum atomic E-state index is 11.8. The van der Waals surface area contributed by atoms with Crippen molar-refractivity contribution in [2.75, 3.05) is 26.0 Å². The molecule has 0 amide bonds. The van der Waals surface area contributed by atoms with E-state index in [0.29, 0.717) is 31.0 Å². The van der Waals surface area contributed by atoms with E-state index in [0.717, 1.165) is 0 Å². The smallest absolute Gasteiger partial charge is 0.242 e. The van der Waals surface area contributed by atoms with Crippen molar-refractivity contribution in [1.29, 1.82) is 0 Å². The monoisotopic (exact) mass is 259 g/mol. The van der Waals surface area contributed by atoms with Crippen molar-refractivity contribution in [2.24, 2.45) is 0 Å². The Hall–Kier alpha value is -1.18. The maximum absolute atomic E-state index is 11.8. The molecule has 17 heavy (non-hydrogen) atoms. The fraction of sp³-hybridized carbons (Fsp3) is 0.500. The summed E-state index contributed by atoms with van der Waals surface area (Å²) < 4.78 is 31.0. The van der Waals surface area contributed by atoms with E-state index in [1.807, 2.05) is 0 Å². The summed E-state index contributed by atoms with van der Waals surface area (Å²) in [5.74, 6) is 0.336. The molecule has 0 saturated carbocycles. The second-order valence-corrected chi connectivity index (χ2v) is 5.38. The summed E-state index contributed by atoms with van der Waals surface area (Å²) in [6.45, 7) is 2.56. The van der Waals surface area contributed by atoms with Crippen molar-refractivity contribution < 1.29 is 13.2 Å². The highest BCUT2D eigenvalue weighted by atomic mass is 32.2. The van der Waals surface area contributed by atoms with Crippen molar-refractivity contribution in [3.63, 3.8) is 0 Å². The number of hydrogen-bond acceptors (Lipinski definition) is 5. The van der Waals surface area contributed by atoms with E-state index >= 15 is 0 Å². The Kier molecular flexibility index (Phi) is 4.86. The predicted octanol–water partition coefficient (Wildman–Crippen LogP) is 0.287. The molecular formula is C10H17N3O3S. The molecule has 0 radical (unpaired) electrons. The van der Waals surface area contributed by atoms with Crippen LogP contribution in [-0.2, 0) is 14.8 Å². The number of aryl methyl sites for hydroxylation is 1. The zero-order valence-corrected chi connectivity index (χ0v) is 10.8. The van der Waals surface area contributed by atoms with Crippen molar-refractivity contribution in [3.05, 3.63) is 17.8 Å². The van der Waals surface area contributed by atoms with Crippen LogP contribution in [-0.4, -0.2) is 33.7 Å². The van der Waals surface area contributed by atoms with Gasteiger partial charge in [0.2, 0.25) is 10.0 Å². The third kappa shape index (κ3) is 3.95. The van der Waals surface area contributed by atoms with E-state index in [9.17, 15) is 8.42 Å². The zero-order valence-electron chi connectivity index (χ0n) is 9.93. The Balaban J connectivity index is 2.72. The molecule has 0 aliphatic carbocycles. The van der Waals surface area contributed by atoms with Gasteiger partial charge in [-0.25, -0.2) is 18.1 Å². The lowest BCUT2D eigenvalue weighted by Crippen LogP contribution is -2.25. The number of nitrogens with zero attached hydrogens (tertiary/aromatic N) is 1. The van der Waals surface area contributed by atoms with Gasteiger partial charge in [-0.05, 0) is 25.0 Å². The molecule has 1 aromatic rings. The molecule has 0 spiro atoms. The number of methoxy groups -OCH3 is 1. The van der Waals surface area contributed by atoms with Gasteiger partial charge in [-0.1, -0.05) is 0 Å². The van der Waals surface area contributed by atoms with Crippen LogP contribution in [0.2, 0.25) is 0 Å². The number of pyridine rings is 1. The molecule has 1 aromatic heterocycles. The van der Waals surface area contributed by atoms with Gasteiger partial charge >= 0.3 is 0 Å². The molecule has 1 heterocycles. The number of sulfonamides is 1. The van der Waals surface area contributed by atoms with Crippen LogP contribution < -0.4 is 10.5 Å². The fourth-order valence-corrected chi connectivity index (χ4v) is 2.32. The molecule has 0 aliphatic rings. The normalized spacial score (nSPS) is 11.6. The van der Waals surface area contributed by atoms with Crippen LogP contribution in [0.4, 0.5) is 5.82 Å². The van der Waals surface area contributed by atoms with Crippen molar-refractivity contribution in [1.82, 2.24) is 9.71 Å². The average Bonchev–Trinajstić information content (AvgIpc) is 2.28. The summed E-state index contributed by atoms with van der Waals surface area (Å²) in [4.78, 5) is 3.95. The number of aromatic nitrogens is 1. The van der Waals surface area contributed by atoms with Crippen molar-refractivity contribution in [2.45, 2.75) is 18.2 Å². The quantitative estimate of drug-likeness (QED) is 0.716. The first-order chi connectivity index (χ1) is 7.97. The summed E-state index contributed by atoms with van der Waals surface area (Å²) in [6, 6.07) is 1.50. The molecular weight excluding hydrogens is 242 g/mol. The first-order valence-corrected chi connectivity index (χ1v) is 6.66. The van der Waals surface area contributed by atoms with Gasteiger partial charge in [-0.3, -0.25) is 0 Å². The Morgan fingerprint density at radius 3 is 2.82 bits per heavy atom. The Morgan fingerprint density at radius 2 is 2.24 bits per heavy atom. The Bertz CT molecular complexity index is 474. The summed E-state index contributed by atoms with van der Waals surface area (Å²) in [6.07, 6.45) is 1.87. The molecule has 0 bridgehead atoms. The third-order valence-electron chi connectivity index (χ3n) is 2.22. The number of anilines is 1. The lowest BCUT2D eigenvalue weighted by atomic mass is 10.3. The maximum Gasteiger partial charge on any atom is 0.242 e. The highest BCUT2D eigenvalue weighted by molar-refractivity contribution is 7.89.